The number of hydrogen-bond donors (Lipinski definition) is 1. The Morgan fingerprint density at radius 1 is 1.38 bits per heavy atom. The summed E-state index contributed by atoms with van der Waals surface area (Å²) >= 11 is 0. The number of likely N-dealkylation sites (N-methyl/N-ethyl adjacent to an activating group) is 1. The SMILES string of the molecule is CCN1CCCC(NCc2ccc3c(c2)CC(C)(C)O3)C1. The minimum Gasteiger partial charge on any atom is -0.487 e. The first-order chi connectivity index (χ1) is 10.1. The number of hydrogen-bond acceptors (Lipinski definition) is 3. The molecule has 3 heteroatoms. The minimum atomic E-state index is -0.0423. The summed E-state index contributed by atoms with van der Waals surface area (Å²) in [6.45, 7) is 11.2. The van der Waals surface area contributed by atoms with Crippen LogP contribution in [-0.4, -0.2) is 36.2 Å². The number of fused-ring (bicyclic) bond motifs is 1. The topological polar surface area (TPSA) is 24.5 Å². The predicted octanol–water partition coefficient (Wildman–Crippen LogP) is 2.97. The molecule has 0 aliphatic carbocycles. The van der Waals surface area contributed by atoms with E-state index in [1.165, 1.54) is 43.6 Å². The number of rotatable bonds is 4. The second-order valence-corrected chi connectivity index (χ2v) is 7.09. The van der Waals surface area contributed by atoms with Crippen molar-refractivity contribution in [3.05, 3.63) is 29.3 Å². The van der Waals surface area contributed by atoms with Gasteiger partial charge in [-0.05, 0) is 57.0 Å². The summed E-state index contributed by atoms with van der Waals surface area (Å²) < 4.78 is 5.95. The lowest BCUT2D eigenvalue weighted by Gasteiger charge is -2.32. The van der Waals surface area contributed by atoms with Crippen LogP contribution in [0.4, 0.5) is 0 Å². The van der Waals surface area contributed by atoms with E-state index in [9.17, 15) is 0 Å². The second kappa shape index (κ2) is 5.98. The molecular formula is C18H28N2O. The molecule has 1 N–H and O–H groups in total. The van der Waals surface area contributed by atoms with Crippen molar-refractivity contribution in [2.45, 2.75) is 58.2 Å². The van der Waals surface area contributed by atoms with Gasteiger partial charge in [-0.15, -0.1) is 0 Å². The van der Waals surface area contributed by atoms with Gasteiger partial charge in [-0.1, -0.05) is 19.1 Å². The monoisotopic (exact) mass is 288 g/mol. The zero-order valence-electron chi connectivity index (χ0n) is 13.6. The van der Waals surface area contributed by atoms with Crippen LogP contribution in [0, 0.1) is 0 Å². The molecule has 1 atom stereocenters. The maximum atomic E-state index is 5.95. The molecule has 0 saturated carbocycles. The van der Waals surface area contributed by atoms with Crippen molar-refractivity contribution in [2.75, 3.05) is 19.6 Å². The molecule has 3 nitrogen and oxygen atoms in total. The van der Waals surface area contributed by atoms with Crippen LogP contribution in [0.1, 0.15) is 44.7 Å². The van der Waals surface area contributed by atoms with Gasteiger partial charge in [0.25, 0.3) is 0 Å². The smallest absolute Gasteiger partial charge is 0.123 e. The van der Waals surface area contributed by atoms with Gasteiger partial charge in [0.05, 0.1) is 0 Å². The zero-order valence-corrected chi connectivity index (χ0v) is 13.6. The lowest BCUT2D eigenvalue weighted by Crippen LogP contribution is -2.45. The number of ether oxygens (including phenoxy) is 1. The van der Waals surface area contributed by atoms with E-state index in [4.69, 9.17) is 4.74 Å². The van der Waals surface area contributed by atoms with E-state index >= 15 is 0 Å². The Labute approximate surface area is 128 Å². The van der Waals surface area contributed by atoms with E-state index in [1.54, 1.807) is 0 Å². The average Bonchev–Trinajstić information content (AvgIpc) is 2.78. The maximum Gasteiger partial charge on any atom is 0.123 e. The molecule has 0 spiro atoms. The van der Waals surface area contributed by atoms with Gasteiger partial charge in [-0.3, -0.25) is 0 Å². The molecule has 0 aromatic heterocycles. The zero-order chi connectivity index (χ0) is 14.9. The molecule has 0 amide bonds. The largest absolute Gasteiger partial charge is 0.487 e. The first-order valence-electron chi connectivity index (χ1n) is 8.32. The second-order valence-electron chi connectivity index (χ2n) is 7.09. The number of benzene rings is 1. The average molecular weight is 288 g/mol. The maximum absolute atomic E-state index is 5.95. The lowest BCUT2D eigenvalue weighted by molar-refractivity contribution is 0.138. The summed E-state index contributed by atoms with van der Waals surface area (Å²) in [5.74, 6) is 1.07. The van der Waals surface area contributed by atoms with Crippen LogP contribution in [0.15, 0.2) is 18.2 Å². The molecule has 1 saturated heterocycles. The molecular weight excluding hydrogens is 260 g/mol. The minimum absolute atomic E-state index is 0.0423. The van der Waals surface area contributed by atoms with E-state index < -0.39 is 0 Å². The molecule has 116 valence electrons. The molecule has 2 heterocycles. The van der Waals surface area contributed by atoms with E-state index in [0.717, 1.165) is 18.7 Å². The van der Waals surface area contributed by atoms with Crippen LogP contribution in [-0.2, 0) is 13.0 Å². The number of nitrogens with zero attached hydrogens (tertiary/aromatic N) is 1. The molecule has 3 rings (SSSR count). The van der Waals surface area contributed by atoms with E-state index in [2.05, 4.69) is 49.2 Å². The van der Waals surface area contributed by atoms with Crippen molar-refractivity contribution in [2.24, 2.45) is 0 Å². The highest BCUT2D eigenvalue weighted by Gasteiger charge is 2.29. The standard InChI is InChI=1S/C18H28N2O/c1-4-20-9-5-6-16(13-20)19-12-14-7-8-17-15(10-14)11-18(2,3)21-17/h7-8,10,16,19H,4-6,9,11-13H2,1-3H3. The Kier molecular flexibility index (Phi) is 4.23. The Bertz CT molecular complexity index is 498. The molecule has 2 aliphatic rings. The van der Waals surface area contributed by atoms with Gasteiger partial charge in [0.15, 0.2) is 0 Å². The van der Waals surface area contributed by atoms with Crippen molar-refractivity contribution in [3.63, 3.8) is 0 Å². The molecule has 2 aliphatic heterocycles. The van der Waals surface area contributed by atoms with E-state index in [0.29, 0.717) is 6.04 Å². The number of likely N-dealkylation sites (tertiary alicyclic amines) is 1. The van der Waals surface area contributed by atoms with Crippen LogP contribution in [0.2, 0.25) is 0 Å². The Morgan fingerprint density at radius 2 is 2.24 bits per heavy atom. The van der Waals surface area contributed by atoms with Crippen molar-refractivity contribution < 1.29 is 4.74 Å². The Balaban J connectivity index is 1.57. The third kappa shape index (κ3) is 3.58. The molecule has 1 fully saturated rings. The molecule has 1 aromatic carbocycles. The first-order valence-corrected chi connectivity index (χ1v) is 8.32. The highest BCUT2D eigenvalue weighted by atomic mass is 16.5. The normalized spacial score (nSPS) is 24.6. The van der Waals surface area contributed by atoms with Gasteiger partial charge in [-0.25, -0.2) is 0 Å². The van der Waals surface area contributed by atoms with Gasteiger partial charge in [-0.2, -0.15) is 0 Å². The number of nitrogens with one attached hydrogen (secondary N) is 1. The van der Waals surface area contributed by atoms with Gasteiger partial charge in [0.2, 0.25) is 0 Å². The van der Waals surface area contributed by atoms with Crippen molar-refractivity contribution >= 4 is 0 Å². The number of piperidine rings is 1. The van der Waals surface area contributed by atoms with Gasteiger partial charge < -0.3 is 15.0 Å². The fraction of sp³-hybridized carbons (Fsp3) is 0.667. The van der Waals surface area contributed by atoms with E-state index in [1.807, 2.05) is 0 Å². The van der Waals surface area contributed by atoms with Gasteiger partial charge in [0, 0.05) is 25.6 Å². The van der Waals surface area contributed by atoms with Crippen LogP contribution in [0.3, 0.4) is 0 Å². The fourth-order valence-corrected chi connectivity index (χ4v) is 3.54. The first kappa shape index (κ1) is 14.9. The van der Waals surface area contributed by atoms with Crippen LogP contribution >= 0.6 is 0 Å². The Morgan fingerprint density at radius 3 is 3.05 bits per heavy atom. The van der Waals surface area contributed by atoms with Crippen molar-refractivity contribution in [1.29, 1.82) is 0 Å². The Hall–Kier alpha value is -1.06. The van der Waals surface area contributed by atoms with E-state index in [-0.39, 0.29) is 5.60 Å². The van der Waals surface area contributed by atoms with Crippen molar-refractivity contribution in [1.82, 2.24) is 10.2 Å². The lowest BCUT2D eigenvalue weighted by atomic mass is 10.00. The summed E-state index contributed by atoms with van der Waals surface area (Å²) in [7, 11) is 0. The highest BCUT2D eigenvalue weighted by Crippen LogP contribution is 2.35. The van der Waals surface area contributed by atoms with Crippen LogP contribution in [0.25, 0.3) is 0 Å². The molecule has 1 unspecified atom stereocenters. The third-order valence-corrected chi connectivity index (χ3v) is 4.67. The molecule has 0 radical (unpaired) electrons. The predicted molar refractivity (Wildman–Crippen MR) is 86.8 cm³/mol. The summed E-state index contributed by atoms with van der Waals surface area (Å²) in [6.07, 6.45) is 3.64. The molecule has 0 bridgehead atoms. The fourth-order valence-electron chi connectivity index (χ4n) is 3.54. The van der Waals surface area contributed by atoms with Gasteiger partial charge in [0.1, 0.15) is 11.4 Å². The summed E-state index contributed by atoms with van der Waals surface area (Å²) in [4.78, 5) is 2.54. The quantitative estimate of drug-likeness (QED) is 0.922. The van der Waals surface area contributed by atoms with Gasteiger partial charge >= 0.3 is 0 Å². The van der Waals surface area contributed by atoms with Crippen LogP contribution in [0.5, 0.6) is 5.75 Å². The molecule has 21 heavy (non-hydrogen) atoms. The summed E-state index contributed by atoms with van der Waals surface area (Å²) in [5, 5.41) is 3.73. The van der Waals surface area contributed by atoms with Crippen molar-refractivity contribution in [3.8, 4) is 5.75 Å². The van der Waals surface area contributed by atoms with Crippen LogP contribution < -0.4 is 10.1 Å². The molecule has 1 aromatic rings. The highest BCUT2D eigenvalue weighted by molar-refractivity contribution is 5.41. The summed E-state index contributed by atoms with van der Waals surface area (Å²) in [5.41, 5.74) is 2.70. The summed E-state index contributed by atoms with van der Waals surface area (Å²) in [6, 6.07) is 7.30. The third-order valence-electron chi connectivity index (χ3n) is 4.67.